The van der Waals surface area contributed by atoms with Crippen molar-refractivity contribution < 1.29 is 13.2 Å². The van der Waals surface area contributed by atoms with Crippen LogP contribution in [0, 0.1) is 0 Å². The molecule has 6 heteroatoms. The van der Waals surface area contributed by atoms with E-state index in [1.54, 1.807) is 24.3 Å². The second kappa shape index (κ2) is 3.64. The monoisotopic (exact) mass is 236 g/mol. The molecule has 1 aromatic carbocycles. The van der Waals surface area contributed by atoms with E-state index in [1.165, 1.54) is 0 Å². The molecule has 0 N–H and O–H groups in total. The first-order valence-electron chi connectivity index (χ1n) is 4.44. The quantitative estimate of drug-likeness (QED) is 0.570. The molecule has 0 bridgehead atoms. The summed E-state index contributed by atoms with van der Waals surface area (Å²) in [7, 11) is -3.51. The number of aldehydes is 1. The largest absolute Gasteiger partial charge is 0.296 e. The third-order valence-corrected chi connectivity index (χ3v) is 2.90. The van der Waals surface area contributed by atoms with Gasteiger partial charge in [-0.1, -0.05) is 18.2 Å². The van der Waals surface area contributed by atoms with E-state index in [9.17, 15) is 13.2 Å². The third kappa shape index (κ3) is 1.79. The molecule has 2 rings (SSSR count). The van der Waals surface area contributed by atoms with Crippen LogP contribution >= 0.6 is 0 Å². The van der Waals surface area contributed by atoms with E-state index >= 15 is 0 Å². The van der Waals surface area contributed by atoms with Gasteiger partial charge in [-0.05, 0) is 6.07 Å². The van der Waals surface area contributed by atoms with Crippen molar-refractivity contribution in [1.29, 1.82) is 0 Å². The number of hydrogen-bond acceptors (Lipinski definition) is 5. The number of nitrogens with zero attached hydrogens (tertiary/aromatic N) is 2. The van der Waals surface area contributed by atoms with E-state index in [0.29, 0.717) is 17.2 Å². The van der Waals surface area contributed by atoms with Crippen LogP contribution in [0.1, 0.15) is 10.5 Å². The molecule has 0 fully saturated rings. The van der Waals surface area contributed by atoms with Crippen molar-refractivity contribution in [2.24, 2.45) is 0 Å². The second-order valence-corrected chi connectivity index (χ2v) is 5.21. The van der Waals surface area contributed by atoms with Gasteiger partial charge in [0.1, 0.15) is 5.69 Å². The van der Waals surface area contributed by atoms with Gasteiger partial charge in [0.15, 0.2) is 6.29 Å². The van der Waals surface area contributed by atoms with E-state index in [0.717, 1.165) is 6.26 Å². The van der Waals surface area contributed by atoms with Crippen molar-refractivity contribution in [3.05, 3.63) is 30.0 Å². The summed E-state index contributed by atoms with van der Waals surface area (Å²) in [6, 6.07) is 6.76. The predicted octanol–water partition coefficient (Wildman–Crippen LogP) is 0.846. The van der Waals surface area contributed by atoms with Gasteiger partial charge in [0.05, 0.1) is 5.52 Å². The molecule has 1 aromatic heterocycles. The Kier molecular flexibility index (Phi) is 2.43. The van der Waals surface area contributed by atoms with Crippen LogP contribution in [0.25, 0.3) is 10.9 Å². The Hall–Kier alpha value is -1.82. The fourth-order valence-corrected chi connectivity index (χ4v) is 1.86. The summed E-state index contributed by atoms with van der Waals surface area (Å²) in [6.07, 6.45) is 1.53. The third-order valence-electron chi connectivity index (χ3n) is 2.06. The number of sulfone groups is 1. The maximum Gasteiger partial charge on any atom is 0.248 e. The fraction of sp³-hybridized carbons (Fsp3) is 0.100. The van der Waals surface area contributed by atoms with Gasteiger partial charge in [0, 0.05) is 11.6 Å². The van der Waals surface area contributed by atoms with Crippen molar-refractivity contribution >= 4 is 27.0 Å². The zero-order valence-electron chi connectivity index (χ0n) is 8.41. The number of fused-ring (bicyclic) bond motifs is 1. The Morgan fingerprint density at radius 3 is 2.50 bits per heavy atom. The van der Waals surface area contributed by atoms with E-state index in [4.69, 9.17) is 0 Å². The van der Waals surface area contributed by atoms with Crippen LogP contribution in [-0.4, -0.2) is 30.9 Å². The summed E-state index contributed by atoms with van der Waals surface area (Å²) < 4.78 is 22.6. The molecule has 0 aliphatic carbocycles. The van der Waals surface area contributed by atoms with E-state index in [2.05, 4.69) is 9.97 Å². The first-order valence-corrected chi connectivity index (χ1v) is 6.33. The Morgan fingerprint density at radius 2 is 1.88 bits per heavy atom. The Bertz CT molecular complexity index is 665. The molecule has 0 amide bonds. The van der Waals surface area contributed by atoms with Crippen LogP contribution in [0.2, 0.25) is 0 Å². The van der Waals surface area contributed by atoms with Crippen molar-refractivity contribution in [3.63, 3.8) is 0 Å². The lowest BCUT2D eigenvalue weighted by atomic mass is 10.2. The minimum atomic E-state index is -3.51. The highest BCUT2D eigenvalue weighted by atomic mass is 32.2. The molecule has 82 valence electrons. The summed E-state index contributed by atoms with van der Waals surface area (Å²) in [5.41, 5.74) is 0.533. The smallest absolute Gasteiger partial charge is 0.248 e. The zero-order valence-corrected chi connectivity index (χ0v) is 9.23. The van der Waals surface area contributed by atoms with Crippen LogP contribution in [0.5, 0.6) is 0 Å². The Morgan fingerprint density at radius 1 is 1.19 bits per heavy atom. The highest BCUT2D eigenvalue weighted by molar-refractivity contribution is 7.90. The van der Waals surface area contributed by atoms with Crippen molar-refractivity contribution in [2.45, 2.75) is 5.16 Å². The average Bonchev–Trinajstić information content (AvgIpc) is 2.26. The summed E-state index contributed by atoms with van der Waals surface area (Å²) in [5, 5.41) is 0.221. The SMILES string of the molecule is CS(=O)(=O)c1nc(C=O)c2ccccc2n1. The fourth-order valence-electron chi connectivity index (χ4n) is 1.33. The van der Waals surface area contributed by atoms with Gasteiger partial charge < -0.3 is 0 Å². The van der Waals surface area contributed by atoms with Gasteiger partial charge in [-0.2, -0.15) is 0 Å². The van der Waals surface area contributed by atoms with Gasteiger partial charge in [-0.3, -0.25) is 4.79 Å². The Balaban J connectivity index is 2.89. The maximum atomic E-state index is 11.3. The van der Waals surface area contributed by atoms with E-state index in [1.807, 2.05) is 0 Å². The van der Waals surface area contributed by atoms with Crippen LogP contribution in [-0.2, 0) is 9.84 Å². The highest BCUT2D eigenvalue weighted by Gasteiger charge is 2.14. The second-order valence-electron chi connectivity index (χ2n) is 3.30. The van der Waals surface area contributed by atoms with Gasteiger partial charge in [-0.25, -0.2) is 18.4 Å². The summed E-state index contributed by atoms with van der Waals surface area (Å²) in [5.74, 6) is 0. The van der Waals surface area contributed by atoms with Gasteiger partial charge in [-0.15, -0.1) is 0 Å². The number of aromatic nitrogens is 2. The number of para-hydroxylation sites is 1. The number of hydrogen-bond donors (Lipinski definition) is 0. The zero-order chi connectivity index (χ0) is 11.8. The first kappa shape index (κ1) is 10.7. The lowest BCUT2D eigenvalue weighted by Gasteiger charge is -2.02. The number of rotatable bonds is 2. The molecule has 0 aliphatic heterocycles. The molecule has 0 atom stereocenters. The summed E-state index contributed by atoms with van der Waals surface area (Å²) >= 11 is 0. The molecule has 0 saturated carbocycles. The molecule has 0 radical (unpaired) electrons. The maximum absolute atomic E-state index is 11.3. The van der Waals surface area contributed by atoms with Crippen molar-refractivity contribution in [2.75, 3.05) is 6.26 Å². The van der Waals surface area contributed by atoms with Crippen LogP contribution in [0.15, 0.2) is 29.4 Å². The predicted molar refractivity (Wildman–Crippen MR) is 58.0 cm³/mol. The van der Waals surface area contributed by atoms with E-state index in [-0.39, 0.29) is 10.9 Å². The molecule has 0 spiro atoms. The normalized spacial score (nSPS) is 11.6. The molecular formula is C10H8N2O3S. The van der Waals surface area contributed by atoms with Crippen molar-refractivity contribution in [3.8, 4) is 0 Å². The number of benzene rings is 1. The van der Waals surface area contributed by atoms with Crippen LogP contribution in [0.3, 0.4) is 0 Å². The first-order chi connectivity index (χ1) is 7.52. The molecule has 0 aliphatic rings. The van der Waals surface area contributed by atoms with Crippen molar-refractivity contribution in [1.82, 2.24) is 9.97 Å². The lowest BCUT2D eigenvalue weighted by molar-refractivity contribution is 0.112. The molecule has 5 nitrogen and oxygen atoms in total. The summed E-state index contributed by atoms with van der Waals surface area (Å²) in [4.78, 5) is 18.4. The molecule has 2 aromatic rings. The molecule has 0 unspecified atom stereocenters. The summed E-state index contributed by atoms with van der Waals surface area (Å²) in [6.45, 7) is 0. The van der Waals surface area contributed by atoms with Crippen LogP contribution in [0.4, 0.5) is 0 Å². The van der Waals surface area contributed by atoms with E-state index < -0.39 is 9.84 Å². The standard InChI is InChI=1S/C10H8N2O3S/c1-16(14,15)10-11-8-5-3-2-4-7(8)9(6-13)12-10/h2-6H,1H3. The minimum absolute atomic E-state index is 0.0889. The minimum Gasteiger partial charge on any atom is -0.296 e. The molecule has 0 saturated heterocycles. The number of carbonyl (C=O) groups excluding carboxylic acids is 1. The molecular weight excluding hydrogens is 228 g/mol. The number of carbonyl (C=O) groups is 1. The lowest BCUT2D eigenvalue weighted by Crippen LogP contribution is -2.06. The molecule has 16 heavy (non-hydrogen) atoms. The highest BCUT2D eigenvalue weighted by Crippen LogP contribution is 2.15. The van der Waals surface area contributed by atoms with Gasteiger partial charge in [0.25, 0.3) is 0 Å². The van der Waals surface area contributed by atoms with Gasteiger partial charge in [0.2, 0.25) is 15.0 Å². The average molecular weight is 236 g/mol. The topological polar surface area (TPSA) is 77.0 Å². The Labute approximate surface area is 92.1 Å². The van der Waals surface area contributed by atoms with Gasteiger partial charge >= 0.3 is 0 Å². The van der Waals surface area contributed by atoms with Crippen LogP contribution < -0.4 is 0 Å². The molecule has 1 heterocycles.